The molecule has 28 heavy (non-hydrogen) atoms. The second kappa shape index (κ2) is 11.8. The van der Waals surface area contributed by atoms with Crippen LogP contribution in [0.1, 0.15) is 56.3 Å². The van der Waals surface area contributed by atoms with E-state index in [1.54, 1.807) is 0 Å². The van der Waals surface area contributed by atoms with Crippen LogP contribution >= 0.6 is 0 Å². The number of carbonyl (C=O) groups excluding carboxylic acids is 1. The van der Waals surface area contributed by atoms with E-state index in [1.165, 1.54) is 0 Å². The Kier molecular flexibility index (Phi) is 9.37. The fraction of sp³-hybridized carbons (Fsp3) is 0.667. The van der Waals surface area contributed by atoms with E-state index in [2.05, 4.69) is 4.98 Å². The minimum absolute atomic E-state index is 0.168. The summed E-state index contributed by atoms with van der Waals surface area (Å²) in [5, 5.41) is 18.9. The number of ether oxygens (including phenoxy) is 1. The van der Waals surface area contributed by atoms with E-state index in [4.69, 9.17) is 9.84 Å². The van der Waals surface area contributed by atoms with Gasteiger partial charge in [0.05, 0.1) is 6.10 Å². The predicted molar refractivity (Wildman–Crippen MR) is 105 cm³/mol. The maximum absolute atomic E-state index is 12.3. The summed E-state index contributed by atoms with van der Waals surface area (Å²) in [5.41, 5.74) is 1.84. The van der Waals surface area contributed by atoms with E-state index in [0.717, 1.165) is 43.5 Å². The highest BCUT2D eigenvalue weighted by Gasteiger charge is 2.27. The zero-order valence-electron chi connectivity index (χ0n) is 16.7. The Morgan fingerprint density at radius 3 is 2.96 bits per heavy atom. The van der Waals surface area contributed by atoms with Crippen LogP contribution in [0.5, 0.6) is 0 Å². The Bertz CT molecular complexity index is 637. The van der Waals surface area contributed by atoms with Crippen molar-refractivity contribution in [3.8, 4) is 0 Å². The van der Waals surface area contributed by atoms with Crippen molar-refractivity contribution < 1.29 is 24.5 Å². The van der Waals surface area contributed by atoms with Gasteiger partial charge >= 0.3 is 5.97 Å². The van der Waals surface area contributed by atoms with Crippen molar-refractivity contribution in [3.63, 3.8) is 0 Å². The second-order valence-electron chi connectivity index (χ2n) is 7.49. The van der Waals surface area contributed by atoms with Gasteiger partial charge in [-0.15, -0.1) is 0 Å². The summed E-state index contributed by atoms with van der Waals surface area (Å²) in [4.78, 5) is 29.1. The number of piperidine rings is 1. The van der Waals surface area contributed by atoms with Crippen molar-refractivity contribution >= 4 is 11.9 Å². The molecule has 2 heterocycles. The van der Waals surface area contributed by atoms with E-state index in [1.807, 2.05) is 30.0 Å². The largest absolute Gasteiger partial charge is 0.480 e. The lowest BCUT2D eigenvalue weighted by Gasteiger charge is -2.36. The van der Waals surface area contributed by atoms with E-state index in [0.29, 0.717) is 32.4 Å². The first-order chi connectivity index (χ1) is 13.5. The average Bonchev–Trinajstić information content (AvgIpc) is 2.64. The zero-order valence-corrected chi connectivity index (χ0v) is 16.7. The quantitative estimate of drug-likeness (QED) is 0.530. The van der Waals surface area contributed by atoms with E-state index in [-0.39, 0.29) is 18.6 Å². The first-order valence-electron chi connectivity index (χ1n) is 10.2. The SMILES string of the molecule is Cc1cccc(CC(O)CC[C@H]2CCCC(=O)N2CCCCOCC(=O)O)n1. The topological polar surface area (TPSA) is 100.0 Å². The number of likely N-dealkylation sites (tertiary alicyclic amines) is 1. The number of rotatable bonds is 12. The fourth-order valence-electron chi connectivity index (χ4n) is 3.69. The molecular formula is C21H32N2O5. The van der Waals surface area contributed by atoms with Crippen LogP contribution in [0.4, 0.5) is 0 Å². The summed E-state index contributed by atoms with van der Waals surface area (Å²) in [5.74, 6) is -0.789. The second-order valence-corrected chi connectivity index (χ2v) is 7.49. The van der Waals surface area contributed by atoms with Gasteiger partial charge in [-0.25, -0.2) is 4.79 Å². The Morgan fingerprint density at radius 1 is 1.39 bits per heavy atom. The molecule has 1 aromatic heterocycles. The van der Waals surface area contributed by atoms with Gasteiger partial charge in [-0.3, -0.25) is 9.78 Å². The number of amides is 1. The molecule has 2 atom stereocenters. The molecule has 1 unspecified atom stereocenters. The molecule has 1 amide bonds. The standard InChI is InChI=1S/C21H32N2O5/c1-16-6-4-7-17(22-16)14-19(24)11-10-18-8-5-9-20(25)23(18)12-2-3-13-28-15-21(26)27/h4,6-7,18-19,24H,2-3,5,8-15H2,1H3,(H,26,27)/t18-,19?/m1/s1. The Balaban J connectivity index is 1.74. The number of carboxylic acids is 1. The Labute approximate surface area is 166 Å². The van der Waals surface area contributed by atoms with Crippen molar-refractivity contribution in [2.24, 2.45) is 0 Å². The van der Waals surface area contributed by atoms with Crippen molar-refractivity contribution in [3.05, 3.63) is 29.6 Å². The highest BCUT2D eigenvalue weighted by Crippen LogP contribution is 2.23. The highest BCUT2D eigenvalue weighted by molar-refractivity contribution is 5.77. The van der Waals surface area contributed by atoms with E-state index in [9.17, 15) is 14.7 Å². The first-order valence-corrected chi connectivity index (χ1v) is 10.2. The van der Waals surface area contributed by atoms with Gasteiger partial charge in [0.1, 0.15) is 6.61 Å². The number of aliphatic carboxylic acids is 1. The van der Waals surface area contributed by atoms with Crippen molar-refractivity contribution in [2.45, 2.75) is 70.4 Å². The summed E-state index contributed by atoms with van der Waals surface area (Å²) in [6.45, 7) is 2.71. The first kappa shape index (κ1) is 22.3. The summed E-state index contributed by atoms with van der Waals surface area (Å²) in [6.07, 6.45) is 5.47. The maximum Gasteiger partial charge on any atom is 0.329 e. The monoisotopic (exact) mass is 392 g/mol. The van der Waals surface area contributed by atoms with Crippen LogP contribution in [-0.4, -0.2) is 63.9 Å². The third-order valence-electron chi connectivity index (χ3n) is 5.08. The van der Waals surface area contributed by atoms with Gasteiger partial charge < -0.3 is 19.8 Å². The van der Waals surface area contributed by atoms with Gasteiger partial charge in [0.15, 0.2) is 0 Å². The van der Waals surface area contributed by atoms with Crippen LogP contribution < -0.4 is 0 Å². The van der Waals surface area contributed by atoms with Crippen molar-refractivity contribution in [2.75, 3.05) is 19.8 Å². The molecule has 0 aromatic carbocycles. The third-order valence-corrected chi connectivity index (χ3v) is 5.08. The lowest BCUT2D eigenvalue weighted by molar-refractivity contribution is -0.142. The molecular weight excluding hydrogens is 360 g/mol. The van der Waals surface area contributed by atoms with Gasteiger partial charge in [0.25, 0.3) is 0 Å². The number of aliphatic hydroxyl groups is 1. The molecule has 0 aliphatic carbocycles. The van der Waals surface area contributed by atoms with Crippen LogP contribution in [0.15, 0.2) is 18.2 Å². The van der Waals surface area contributed by atoms with Crippen LogP contribution in [-0.2, 0) is 20.7 Å². The number of hydrogen-bond donors (Lipinski definition) is 2. The lowest BCUT2D eigenvalue weighted by Crippen LogP contribution is -2.44. The Morgan fingerprint density at radius 2 is 2.21 bits per heavy atom. The molecule has 0 spiro atoms. The molecule has 2 N–H and O–H groups in total. The van der Waals surface area contributed by atoms with Crippen LogP contribution in [0.2, 0.25) is 0 Å². The van der Waals surface area contributed by atoms with Gasteiger partial charge in [-0.2, -0.15) is 0 Å². The highest BCUT2D eigenvalue weighted by atomic mass is 16.5. The van der Waals surface area contributed by atoms with Gasteiger partial charge in [0.2, 0.25) is 5.91 Å². The number of aryl methyl sites for hydroxylation is 1. The molecule has 0 radical (unpaired) electrons. The smallest absolute Gasteiger partial charge is 0.329 e. The normalized spacial score (nSPS) is 18.3. The van der Waals surface area contributed by atoms with Gasteiger partial charge in [0, 0.05) is 43.4 Å². The molecule has 1 aliphatic rings. The van der Waals surface area contributed by atoms with Crippen molar-refractivity contribution in [1.29, 1.82) is 0 Å². The summed E-state index contributed by atoms with van der Waals surface area (Å²) >= 11 is 0. The lowest BCUT2D eigenvalue weighted by atomic mass is 9.95. The number of nitrogens with zero attached hydrogens (tertiary/aromatic N) is 2. The number of pyridine rings is 1. The van der Waals surface area contributed by atoms with Crippen LogP contribution in [0.25, 0.3) is 0 Å². The minimum atomic E-state index is -0.967. The number of aliphatic hydroxyl groups excluding tert-OH is 1. The predicted octanol–water partition coefficient (Wildman–Crippen LogP) is 2.34. The molecule has 0 bridgehead atoms. The Hall–Kier alpha value is -1.99. The number of unbranched alkanes of at least 4 members (excludes halogenated alkanes) is 1. The van der Waals surface area contributed by atoms with E-state index < -0.39 is 12.1 Å². The van der Waals surface area contributed by atoms with Gasteiger partial charge in [-0.1, -0.05) is 6.07 Å². The number of hydrogen-bond acceptors (Lipinski definition) is 5. The van der Waals surface area contributed by atoms with Crippen LogP contribution in [0, 0.1) is 6.92 Å². The van der Waals surface area contributed by atoms with Crippen molar-refractivity contribution in [1.82, 2.24) is 9.88 Å². The molecule has 1 saturated heterocycles. The maximum atomic E-state index is 12.3. The third kappa shape index (κ3) is 7.94. The summed E-state index contributed by atoms with van der Waals surface area (Å²) in [7, 11) is 0. The molecule has 7 nitrogen and oxygen atoms in total. The number of carboxylic acid groups (broad SMARTS) is 1. The molecule has 7 heteroatoms. The minimum Gasteiger partial charge on any atom is -0.480 e. The summed E-state index contributed by atoms with van der Waals surface area (Å²) < 4.78 is 5.04. The van der Waals surface area contributed by atoms with Gasteiger partial charge in [-0.05, 0) is 57.6 Å². The number of aromatic nitrogens is 1. The molecule has 0 saturated carbocycles. The summed E-state index contributed by atoms with van der Waals surface area (Å²) in [6, 6.07) is 5.99. The zero-order chi connectivity index (χ0) is 20.4. The molecule has 1 aromatic rings. The number of carbonyl (C=O) groups is 2. The molecule has 156 valence electrons. The van der Waals surface area contributed by atoms with Crippen LogP contribution in [0.3, 0.4) is 0 Å². The molecule has 2 rings (SSSR count). The molecule has 1 aliphatic heterocycles. The van der Waals surface area contributed by atoms with E-state index >= 15 is 0 Å². The molecule has 1 fully saturated rings. The fourth-order valence-corrected chi connectivity index (χ4v) is 3.69. The average molecular weight is 392 g/mol.